The summed E-state index contributed by atoms with van der Waals surface area (Å²) in [6.07, 6.45) is 8.94. The zero-order valence-corrected chi connectivity index (χ0v) is 33.3. The molecule has 0 saturated carbocycles. The third kappa shape index (κ3) is 8.06. The number of allylic oxidation sites excluding steroid dienone is 8. The summed E-state index contributed by atoms with van der Waals surface area (Å²) in [5, 5.41) is 21.6. The molecule has 4 rings (SSSR count). The van der Waals surface area contributed by atoms with Gasteiger partial charge in [0.25, 0.3) is 0 Å². The van der Waals surface area contributed by atoms with Gasteiger partial charge in [0.05, 0.1) is 0 Å². The molecule has 0 amide bonds. The monoisotopic (exact) mass is 688 g/mol. The summed E-state index contributed by atoms with van der Waals surface area (Å²) in [4.78, 5) is 0. The van der Waals surface area contributed by atoms with Crippen LogP contribution in [0, 0.1) is 0 Å². The van der Waals surface area contributed by atoms with Crippen molar-refractivity contribution in [2.75, 3.05) is 0 Å². The van der Waals surface area contributed by atoms with E-state index < -0.39 is 0 Å². The van der Waals surface area contributed by atoms with Gasteiger partial charge in [-0.15, -0.1) is 24.8 Å². The Hall–Kier alpha value is -1.71. The summed E-state index contributed by atoms with van der Waals surface area (Å²) in [6.45, 7) is 30.4. The Morgan fingerprint density at radius 2 is 0.800 bits per heavy atom. The molecule has 2 nitrogen and oxygen atoms in total. The van der Waals surface area contributed by atoms with Crippen molar-refractivity contribution < 1.29 is 31.9 Å². The third-order valence-electron chi connectivity index (χ3n) is 10.1. The molecule has 5 heteroatoms. The molecule has 2 unspecified atom stereocenters. The van der Waals surface area contributed by atoms with Crippen LogP contribution in [0.2, 0.25) is 0 Å². The number of rotatable bonds is 6. The van der Waals surface area contributed by atoms with Gasteiger partial charge in [-0.05, 0) is 87.5 Å². The molecule has 2 aromatic rings. The molecule has 2 aromatic carbocycles. The van der Waals surface area contributed by atoms with Gasteiger partial charge in [0.2, 0.25) is 0 Å². The Kier molecular flexibility index (Phi) is 15.8. The van der Waals surface area contributed by atoms with Crippen LogP contribution in [-0.4, -0.2) is 10.2 Å². The van der Waals surface area contributed by atoms with Crippen LogP contribution >= 0.6 is 24.8 Å². The smallest absolute Gasteiger partial charge is 0.122 e. The van der Waals surface area contributed by atoms with E-state index in [2.05, 4.69) is 146 Å². The second-order valence-corrected chi connectivity index (χ2v) is 14.2. The minimum atomic E-state index is -0.101. The first kappa shape index (κ1) is 43.3. The fourth-order valence-corrected chi connectivity index (χ4v) is 6.74. The Labute approximate surface area is 302 Å². The van der Waals surface area contributed by atoms with Crippen molar-refractivity contribution in [1.29, 1.82) is 0 Å². The van der Waals surface area contributed by atoms with Gasteiger partial charge in [-0.25, -0.2) is 0 Å². The summed E-state index contributed by atoms with van der Waals surface area (Å²) >= 11 is 0. The molecular formula is C40H58Cl2O2Ti. The van der Waals surface area contributed by atoms with E-state index in [1.807, 2.05) is 0 Å². The molecule has 0 aliphatic heterocycles. The van der Waals surface area contributed by atoms with Gasteiger partial charge >= 0.3 is 0 Å². The predicted molar refractivity (Wildman–Crippen MR) is 197 cm³/mol. The molecule has 2 N–H and O–H groups in total. The molecule has 0 bridgehead atoms. The summed E-state index contributed by atoms with van der Waals surface area (Å²) in [7, 11) is 0. The van der Waals surface area contributed by atoms with Crippen LogP contribution in [0.25, 0.3) is 0 Å². The summed E-state index contributed by atoms with van der Waals surface area (Å²) in [6, 6.07) is 8.64. The van der Waals surface area contributed by atoms with Crippen molar-refractivity contribution in [3.8, 4) is 11.5 Å². The maximum absolute atomic E-state index is 10.8. The van der Waals surface area contributed by atoms with E-state index in [9.17, 15) is 10.2 Å². The number of phenols is 2. The summed E-state index contributed by atoms with van der Waals surface area (Å²) < 4.78 is 0. The van der Waals surface area contributed by atoms with E-state index in [1.54, 1.807) is 0 Å². The van der Waals surface area contributed by atoms with E-state index in [1.165, 1.54) is 33.4 Å². The normalized spacial score (nSPS) is 20.5. The van der Waals surface area contributed by atoms with Gasteiger partial charge in [0.1, 0.15) is 11.5 Å². The van der Waals surface area contributed by atoms with E-state index in [0.29, 0.717) is 35.2 Å². The quantitative estimate of drug-likeness (QED) is 0.297. The minimum Gasteiger partial charge on any atom is -0.507 e. The summed E-state index contributed by atoms with van der Waals surface area (Å²) in [5.74, 6) is 2.26. The first-order chi connectivity index (χ1) is 19.4. The van der Waals surface area contributed by atoms with Gasteiger partial charge in [-0.1, -0.05) is 126 Å². The third-order valence-corrected chi connectivity index (χ3v) is 10.1. The van der Waals surface area contributed by atoms with Crippen molar-refractivity contribution in [3.05, 3.63) is 104 Å². The zero-order valence-electron chi connectivity index (χ0n) is 30.1. The number of hydrogen-bond donors (Lipinski definition) is 2. The minimum absolute atomic E-state index is 0. The van der Waals surface area contributed by atoms with E-state index >= 15 is 0 Å². The van der Waals surface area contributed by atoms with Gasteiger partial charge in [-0.2, -0.15) is 0 Å². The molecule has 45 heavy (non-hydrogen) atoms. The van der Waals surface area contributed by atoms with Crippen molar-refractivity contribution in [2.24, 2.45) is 0 Å². The SMILES string of the molecule is CC1=C(C)C(C)(c2ccc(C(C)C)c(O)c2C(C)C)C=C1.CC1=C(C)C(C)(c2ccc(C(C)C)c(O)c2C(C)C)C=C1.Cl.Cl.[Ti]. The molecular weight excluding hydrogens is 631 g/mol. The van der Waals surface area contributed by atoms with E-state index in [4.69, 9.17) is 0 Å². The van der Waals surface area contributed by atoms with Crippen LogP contribution in [0.15, 0.2) is 70.9 Å². The second-order valence-electron chi connectivity index (χ2n) is 14.2. The second kappa shape index (κ2) is 16.4. The molecule has 248 valence electrons. The number of phenolic OH excluding ortho intramolecular Hbond substituents is 2. The van der Waals surface area contributed by atoms with Crippen molar-refractivity contribution in [1.82, 2.24) is 0 Å². The van der Waals surface area contributed by atoms with Gasteiger partial charge < -0.3 is 10.2 Å². The average Bonchev–Trinajstić information content (AvgIpc) is 3.33. The Bertz CT molecular complexity index is 1360. The zero-order chi connectivity index (χ0) is 31.9. The molecule has 0 fully saturated rings. The number of benzene rings is 2. The van der Waals surface area contributed by atoms with Crippen LogP contribution in [0.3, 0.4) is 0 Å². The van der Waals surface area contributed by atoms with Crippen LogP contribution < -0.4 is 0 Å². The first-order valence-corrected chi connectivity index (χ1v) is 15.9. The summed E-state index contributed by atoms with van der Waals surface area (Å²) in [5.41, 5.74) is 12.0. The van der Waals surface area contributed by atoms with E-state index in [0.717, 1.165) is 22.3 Å². The van der Waals surface area contributed by atoms with Crippen LogP contribution in [0.5, 0.6) is 11.5 Å². The molecule has 0 radical (unpaired) electrons. The molecule has 2 atom stereocenters. The van der Waals surface area contributed by atoms with Crippen molar-refractivity contribution in [2.45, 2.75) is 131 Å². The predicted octanol–water partition coefficient (Wildman–Crippen LogP) is 12.4. The maximum atomic E-state index is 10.8. The van der Waals surface area contributed by atoms with Crippen molar-refractivity contribution >= 4 is 24.8 Å². The van der Waals surface area contributed by atoms with Gasteiger partial charge in [-0.3, -0.25) is 0 Å². The fraction of sp³-hybridized carbons (Fsp3) is 0.500. The topological polar surface area (TPSA) is 40.5 Å². The van der Waals surface area contributed by atoms with Gasteiger partial charge in [0, 0.05) is 43.7 Å². The Morgan fingerprint density at radius 3 is 1.00 bits per heavy atom. The maximum Gasteiger partial charge on any atom is 0.122 e. The molecule has 0 heterocycles. The standard InChI is InChI=1S/2C20H28O.2ClH.Ti/c2*1-12(2)16-8-9-17(18(13(3)4)19(16)21)20(7)11-10-14(5)15(20)6;;;/h2*8-13,21H,1-7H3;2*1H;. The molecule has 0 saturated heterocycles. The van der Waals surface area contributed by atoms with Crippen LogP contribution in [0.1, 0.15) is 154 Å². The van der Waals surface area contributed by atoms with E-state index in [-0.39, 0.29) is 57.4 Å². The molecule has 0 aromatic heterocycles. The number of hydrogen-bond acceptors (Lipinski definition) is 2. The van der Waals surface area contributed by atoms with Gasteiger partial charge in [0.15, 0.2) is 0 Å². The first-order valence-electron chi connectivity index (χ1n) is 15.9. The Morgan fingerprint density at radius 1 is 0.511 bits per heavy atom. The average molecular weight is 690 g/mol. The van der Waals surface area contributed by atoms with Crippen LogP contribution in [0.4, 0.5) is 0 Å². The molecule has 0 spiro atoms. The largest absolute Gasteiger partial charge is 0.507 e. The number of aromatic hydroxyl groups is 2. The number of halogens is 2. The Balaban J connectivity index is 0.000000807. The molecule has 2 aliphatic carbocycles. The van der Waals surface area contributed by atoms with Crippen LogP contribution in [-0.2, 0) is 32.5 Å². The molecule has 2 aliphatic rings. The van der Waals surface area contributed by atoms with Crippen molar-refractivity contribution in [3.63, 3.8) is 0 Å². The fourth-order valence-electron chi connectivity index (χ4n) is 6.74.